The monoisotopic (exact) mass is 281 g/mol. The van der Waals surface area contributed by atoms with E-state index in [1.54, 1.807) is 13.8 Å². The number of carbonyl (C=O) groups excluding carboxylic acids is 2. The number of thiazole rings is 1. The van der Waals surface area contributed by atoms with E-state index in [9.17, 15) is 9.59 Å². The fourth-order valence-corrected chi connectivity index (χ4v) is 1.93. The smallest absolute Gasteiger partial charge is 0.357 e. The lowest BCUT2D eigenvalue weighted by atomic mass is 10.4. The third-order valence-electron chi connectivity index (χ3n) is 2.06. The molecule has 0 aromatic carbocycles. The average molecular weight is 281 g/mol. The fourth-order valence-electron chi connectivity index (χ4n) is 1.26. The molecule has 1 amide bonds. The van der Waals surface area contributed by atoms with Gasteiger partial charge in [-0.1, -0.05) is 5.16 Å². The number of nitrogens with zero attached hydrogens (tertiary/aromatic N) is 2. The second-order valence-corrected chi connectivity index (χ2v) is 4.40. The fraction of sp³-hybridized carbons (Fsp3) is 0.273. The summed E-state index contributed by atoms with van der Waals surface area (Å²) in [6, 6.07) is 1.51. The lowest BCUT2D eigenvalue weighted by Gasteiger charge is -1.97. The quantitative estimate of drug-likeness (QED) is 0.860. The first kappa shape index (κ1) is 13.2. The lowest BCUT2D eigenvalue weighted by molar-refractivity contribution is 0.0520. The maximum Gasteiger partial charge on any atom is 0.357 e. The topological polar surface area (TPSA) is 94.3 Å². The zero-order valence-electron chi connectivity index (χ0n) is 10.3. The van der Waals surface area contributed by atoms with Gasteiger partial charge in [0, 0.05) is 11.4 Å². The summed E-state index contributed by atoms with van der Waals surface area (Å²) in [5, 5.41) is 7.93. The molecule has 0 saturated heterocycles. The van der Waals surface area contributed by atoms with Crippen molar-refractivity contribution >= 4 is 28.3 Å². The molecule has 0 spiro atoms. The maximum absolute atomic E-state index is 11.7. The molecule has 0 radical (unpaired) electrons. The number of ether oxygens (including phenoxy) is 1. The van der Waals surface area contributed by atoms with Crippen LogP contribution in [0.1, 0.15) is 33.7 Å². The molecule has 100 valence electrons. The number of amides is 1. The van der Waals surface area contributed by atoms with Gasteiger partial charge >= 0.3 is 5.97 Å². The Morgan fingerprint density at radius 2 is 2.32 bits per heavy atom. The molecule has 0 fully saturated rings. The highest BCUT2D eigenvalue weighted by Gasteiger charge is 2.16. The van der Waals surface area contributed by atoms with Crippen molar-refractivity contribution in [2.45, 2.75) is 13.8 Å². The summed E-state index contributed by atoms with van der Waals surface area (Å²) in [6.45, 7) is 3.69. The van der Waals surface area contributed by atoms with E-state index in [0.717, 1.165) is 11.3 Å². The summed E-state index contributed by atoms with van der Waals surface area (Å²) in [7, 11) is 0. The number of rotatable bonds is 4. The van der Waals surface area contributed by atoms with Crippen LogP contribution in [0.15, 0.2) is 16.0 Å². The van der Waals surface area contributed by atoms with E-state index in [0.29, 0.717) is 10.8 Å². The highest BCUT2D eigenvalue weighted by molar-refractivity contribution is 7.14. The Morgan fingerprint density at radius 3 is 2.95 bits per heavy atom. The van der Waals surface area contributed by atoms with Crippen LogP contribution >= 0.6 is 11.3 Å². The van der Waals surface area contributed by atoms with Gasteiger partial charge in [-0.2, -0.15) is 0 Å². The molecule has 1 N–H and O–H groups in total. The average Bonchev–Trinajstić information content (AvgIpc) is 2.98. The van der Waals surface area contributed by atoms with Gasteiger partial charge in [0.1, 0.15) is 0 Å². The molecule has 0 unspecified atom stereocenters. The molecule has 7 nitrogen and oxygen atoms in total. The first-order valence-corrected chi connectivity index (χ1v) is 6.35. The molecule has 0 saturated carbocycles. The zero-order chi connectivity index (χ0) is 13.8. The zero-order valence-corrected chi connectivity index (χ0v) is 11.1. The first-order valence-electron chi connectivity index (χ1n) is 5.47. The number of esters is 1. The van der Waals surface area contributed by atoms with Gasteiger partial charge < -0.3 is 9.26 Å². The van der Waals surface area contributed by atoms with E-state index in [2.05, 4.69) is 15.5 Å². The van der Waals surface area contributed by atoms with Gasteiger partial charge in [0.15, 0.2) is 10.8 Å². The minimum absolute atomic E-state index is 0.0883. The second kappa shape index (κ2) is 5.61. The third kappa shape index (κ3) is 3.16. The Hall–Kier alpha value is -2.22. The van der Waals surface area contributed by atoms with Crippen LogP contribution in [-0.4, -0.2) is 28.6 Å². The maximum atomic E-state index is 11.7. The Morgan fingerprint density at radius 1 is 1.53 bits per heavy atom. The number of hydrogen-bond acceptors (Lipinski definition) is 7. The Bertz CT molecular complexity index is 605. The molecule has 8 heteroatoms. The molecule has 0 aliphatic rings. The summed E-state index contributed by atoms with van der Waals surface area (Å²) < 4.78 is 9.61. The van der Waals surface area contributed by atoms with Crippen molar-refractivity contribution in [3.05, 3.63) is 28.6 Å². The van der Waals surface area contributed by atoms with E-state index in [-0.39, 0.29) is 18.1 Å². The lowest BCUT2D eigenvalue weighted by Crippen LogP contribution is -2.11. The van der Waals surface area contributed by atoms with Crippen LogP contribution in [0.5, 0.6) is 0 Å². The molecular weight excluding hydrogens is 270 g/mol. The van der Waals surface area contributed by atoms with Gasteiger partial charge in [0.2, 0.25) is 5.76 Å². The van der Waals surface area contributed by atoms with Crippen molar-refractivity contribution in [3.63, 3.8) is 0 Å². The third-order valence-corrected chi connectivity index (χ3v) is 2.82. The Balaban J connectivity index is 2.04. The molecule has 2 heterocycles. The van der Waals surface area contributed by atoms with Gasteiger partial charge in [0.25, 0.3) is 5.91 Å². The Labute approximate surface area is 112 Å². The number of nitrogens with one attached hydrogen (secondary N) is 1. The molecule has 2 aromatic heterocycles. The van der Waals surface area contributed by atoms with E-state index in [1.807, 2.05) is 0 Å². The van der Waals surface area contributed by atoms with Crippen LogP contribution in [0.25, 0.3) is 0 Å². The molecule has 2 aromatic rings. The SMILES string of the molecule is CCOC(=O)c1csc(NC(=O)c2cc(C)no2)n1. The predicted octanol–water partition coefficient (Wildman–Crippen LogP) is 1.87. The van der Waals surface area contributed by atoms with Crippen molar-refractivity contribution in [1.29, 1.82) is 0 Å². The van der Waals surface area contributed by atoms with Crippen LogP contribution in [0.4, 0.5) is 5.13 Å². The molecule has 0 bridgehead atoms. The minimum Gasteiger partial charge on any atom is -0.461 e. The summed E-state index contributed by atoms with van der Waals surface area (Å²) in [4.78, 5) is 27.1. The number of carbonyl (C=O) groups is 2. The first-order chi connectivity index (χ1) is 9.10. The van der Waals surface area contributed by atoms with Crippen LogP contribution in [0.2, 0.25) is 0 Å². The number of aryl methyl sites for hydroxylation is 1. The van der Waals surface area contributed by atoms with E-state index in [1.165, 1.54) is 11.4 Å². The van der Waals surface area contributed by atoms with Gasteiger partial charge in [-0.3, -0.25) is 10.1 Å². The highest BCUT2D eigenvalue weighted by atomic mass is 32.1. The van der Waals surface area contributed by atoms with E-state index in [4.69, 9.17) is 9.26 Å². The molecule has 2 rings (SSSR count). The van der Waals surface area contributed by atoms with Gasteiger partial charge in [-0.05, 0) is 13.8 Å². The normalized spacial score (nSPS) is 10.2. The van der Waals surface area contributed by atoms with Crippen LogP contribution in [-0.2, 0) is 4.74 Å². The number of aromatic nitrogens is 2. The molecule has 0 aliphatic heterocycles. The van der Waals surface area contributed by atoms with Crippen molar-refractivity contribution in [1.82, 2.24) is 10.1 Å². The summed E-state index contributed by atoms with van der Waals surface area (Å²) in [5.74, 6) is -0.898. The van der Waals surface area contributed by atoms with Crippen molar-refractivity contribution < 1.29 is 18.8 Å². The largest absolute Gasteiger partial charge is 0.461 e. The predicted molar refractivity (Wildman–Crippen MR) is 67.3 cm³/mol. The van der Waals surface area contributed by atoms with Crippen LogP contribution < -0.4 is 5.32 Å². The Kier molecular flexibility index (Phi) is 3.91. The molecule has 0 atom stereocenters. The van der Waals surface area contributed by atoms with Crippen molar-refractivity contribution in [2.75, 3.05) is 11.9 Å². The van der Waals surface area contributed by atoms with Crippen molar-refractivity contribution in [2.24, 2.45) is 0 Å². The van der Waals surface area contributed by atoms with Gasteiger partial charge in [-0.15, -0.1) is 11.3 Å². The summed E-state index contributed by atoms with van der Waals surface area (Å²) >= 11 is 1.13. The highest BCUT2D eigenvalue weighted by Crippen LogP contribution is 2.17. The standard InChI is InChI=1S/C11H11N3O4S/c1-3-17-10(16)7-5-19-11(12-7)13-9(15)8-4-6(2)14-18-8/h4-5H,3H2,1-2H3,(H,12,13,15). The molecule has 0 aliphatic carbocycles. The van der Waals surface area contributed by atoms with Crippen LogP contribution in [0, 0.1) is 6.92 Å². The molecule has 19 heavy (non-hydrogen) atoms. The number of anilines is 1. The molecular formula is C11H11N3O4S. The van der Waals surface area contributed by atoms with Crippen LogP contribution in [0.3, 0.4) is 0 Å². The van der Waals surface area contributed by atoms with E-state index < -0.39 is 11.9 Å². The summed E-state index contributed by atoms with van der Waals surface area (Å²) in [6.07, 6.45) is 0. The van der Waals surface area contributed by atoms with E-state index >= 15 is 0 Å². The summed E-state index contributed by atoms with van der Waals surface area (Å²) in [5.41, 5.74) is 0.771. The van der Waals surface area contributed by atoms with Crippen molar-refractivity contribution in [3.8, 4) is 0 Å². The second-order valence-electron chi connectivity index (χ2n) is 3.55. The van der Waals surface area contributed by atoms with Gasteiger partial charge in [-0.25, -0.2) is 9.78 Å². The minimum atomic E-state index is -0.519. The van der Waals surface area contributed by atoms with Gasteiger partial charge in [0.05, 0.1) is 12.3 Å². The number of hydrogen-bond donors (Lipinski definition) is 1.